The molecule has 0 saturated heterocycles. The fraction of sp³-hybridized carbons (Fsp3) is 0.0769. The van der Waals surface area contributed by atoms with E-state index in [2.05, 4.69) is 25.6 Å². The number of pyridine rings is 1. The molecule has 1 aromatic carbocycles. The second-order valence-corrected chi connectivity index (χ2v) is 6.82. The monoisotopic (exact) mass is 366 g/mol. The van der Waals surface area contributed by atoms with Crippen LogP contribution in [0.3, 0.4) is 0 Å². The average molecular weight is 367 g/mol. The molecule has 2 rings (SSSR count). The Morgan fingerprint density at radius 2 is 2.00 bits per heavy atom. The van der Waals surface area contributed by atoms with Gasteiger partial charge in [-0.25, -0.2) is 18.1 Å². The summed E-state index contributed by atoms with van der Waals surface area (Å²) in [5.74, 6) is -0.0643. The summed E-state index contributed by atoms with van der Waals surface area (Å²) < 4.78 is 27.4. The first-order chi connectivity index (χ1) is 9.92. The van der Waals surface area contributed by atoms with E-state index in [1.165, 1.54) is 12.3 Å². The van der Waals surface area contributed by atoms with Gasteiger partial charge in [-0.15, -0.1) is 0 Å². The van der Waals surface area contributed by atoms with Crippen molar-refractivity contribution in [2.24, 2.45) is 0 Å². The van der Waals surface area contributed by atoms with Gasteiger partial charge in [0.1, 0.15) is 10.7 Å². The van der Waals surface area contributed by atoms with Crippen LogP contribution in [0.25, 0.3) is 0 Å². The summed E-state index contributed by atoms with van der Waals surface area (Å²) in [6.45, 7) is 0.0972. The van der Waals surface area contributed by atoms with E-state index >= 15 is 0 Å². The highest BCUT2D eigenvalue weighted by atomic mass is 79.9. The van der Waals surface area contributed by atoms with Gasteiger partial charge in [-0.2, -0.15) is 5.26 Å². The number of halogens is 1. The SMILES string of the molecule is N#Cc1ccc(CNS(=O)(=O)c2cc(Br)cnc2N)cc1. The number of nitrogen functional groups attached to an aromatic ring is 1. The standard InChI is InChI=1S/C13H11BrN4O2S/c14-11-5-12(13(16)17-8-11)21(19,20)18-7-10-3-1-9(6-15)2-4-10/h1-5,8,18H,7H2,(H2,16,17). The number of hydrogen-bond acceptors (Lipinski definition) is 5. The fourth-order valence-electron chi connectivity index (χ4n) is 1.60. The molecule has 6 nitrogen and oxygen atoms in total. The van der Waals surface area contributed by atoms with Crippen molar-refractivity contribution in [3.8, 4) is 6.07 Å². The van der Waals surface area contributed by atoms with E-state index in [0.717, 1.165) is 5.56 Å². The van der Waals surface area contributed by atoms with Crippen LogP contribution in [-0.4, -0.2) is 13.4 Å². The molecule has 0 saturated carbocycles. The Bertz CT molecular complexity index is 798. The molecule has 21 heavy (non-hydrogen) atoms. The maximum Gasteiger partial charge on any atom is 0.244 e. The van der Waals surface area contributed by atoms with Crippen LogP contribution in [0.4, 0.5) is 5.82 Å². The van der Waals surface area contributed by atoms with Crippen LogP contribution in [0.5, 0.6) is 0 Å². The molecule has 0 bridgehead atoms. The predicted octanol–water partition coefficient (Wildman–Crippen LogP) is 1.78. The van der Waals surface area contributed by atoms with E-state index in [1.54, 1.807) is 24.3 Å². The van der Waals surface area contributed by atoms with E-state index in [1.807, 2.05) is 6.07 Å². The molecule has 0 radical (unpaired) electrons. The number of nitriles is 1. The molecule has 0 aliphatic rings. The van der Waals surface area contributed by atoms with Gasteiger partial charge in [-0.3, -0.25) is 0 Å². The maximum absolute atomic E-state index is 12.2. The Balaban J connectivity index is 2.17. The first-order valence-electron chi connectivity index (χ1n) is 5.82. The van der Waals surface area contributed by atoms with E-state index in [-0.39, 0.29) is 17.3 Å². The highest BCUT2D eigenvalue weighted by molar-refractivity contribution is 9.10. The third-order valence-corrected chi connectivity index (χ3v) is 4.55. The van der Waals surface area contributed by atoms with Gasteiger partial charge in [0, 0.05) is 17.2 Å². The molecule has 108 valence electrons. The minimum Gasteiger partial charge on any atom is -0.383 e. The first kappa shape index (κ1) is 15.4. The maximum atomic E-state index is 12.2. The number of anilines is 1. The second kappa shape index (κ2) is 6.22. The number of benzene rings is 1. The lowest BCUT2D eigenvalue weighted by atomic mass is 10.1. The molecule has 1 heterocycles. The average Bonchev–Trinajstić information content (AvgIpc) is 2.48. The van der Waals surface area contributed by atoms with Crippen LogP contribution in [0.2, 0.25) is 0 Å². The lowest BCUT2D eigenvalue weighted by Crippen LogP contribution is -2.24. The van der Waals surface area contributed by atoms with E-state index < -0.39 is 10.0 Å². The fourth-order valence-corrected chi connectivity index (χ4v) is 3.20. The summed E-state index contributed by atoms with van der Waals surface area (Å²) in [6, 6.07) is 10.0. The van der Waals surface area contributed by atoms with Crippen molar-refractivity contribution in [2.45, 2.75) is 11.4 Å². The van der Waals surface area contributed by atoms with Gasteiger partial charge in [-0.1, -0.05) is 12.1 Å². The molecule has 0 spiro atoms. The van der Waals surface area contributed by atoms with Crippen LogP contribution in [0.1, 0.15) is 11.1 Å². The van der Waals surface area contributed by atoms with Crippen LogP contribution in [-0.2, 0) is 16.6 Å². The molecule has 0 fully saturated rings. The third-order valence-electron chi connectivity index (χ3n) is 2.69. The normalized spacial score (nSPS) is 11.0. The predicted molar refractivity (Wildman–Crippen MR) is 81.5 cm³/mol. The van der Waals surface area contributed by atoms with Crippen molar-refractivity contribution >= 4 is 31.8 Å². The number of nitrogens with one attached hydrogen (secondary N) is 1. The lowest BCUT2D eigenvalue weighted by Gasteiger charge is -2.09. The number of rotatable bonds is 4. The summed E-state index contributed by atoms with van der Waals surface area (Å²) in [5.41, 5.74) is 6.85. The molecule has 0 amide bonds. The Labute approximate surface area is 130 Å². The van der Waals surface area contributed by atoms with Crippen molar-refractivity contribution in [1.82, 2.24) is 9.71 Å². The smallest absolute Gasteiger partial charge is 0.244 e. The molecule has 0 aliphatic heterocycles. The van der Waals surface area contributed by atoms with Crippen molar-refractivity contribution in [1.29, 1.82) is 5.26 Å². The summed E-state index contributed by atoms with van der Waals surface area (Å²) in [4.78, 5) is 3.72. The van der Waals surface area contributed by atoms with Gasteiger partial charge < -0.3 is 5.73 Å². The zero-order chi connectivity index (χ0) is 15.5. The molecular formula is C13H11BrN4O2S. The number of nitrogens with two attached hydrogens (primary N) is 1. The topological polar surface area (TPSA) is 109 Å². The molecule has 0 atom stereocenters. The number of hydrogen-bond donors (Lipinski definition) is 2. The molecule has 2 aromatic rings. The van der Waals surface area contributed by atoms with Gasteiger partial charge in [0.2, 0.25) is 10.0 Å². The van der Waals surface area contributed by atoms with Gasteiger partial charge >= 0.3 is 0 Å². The van der Waals surface area contributed by atoms with E-state index in [9.17, 15) is 8.42 Å². The molecule has 1 aromatic heterocycles. The van der Waals surface area contributed by atoms with Gasteiger partial charge in [0.15, 0.2) is 0 Å². The molecule has 3 N–H and O–H groups in total. The molecular weight excluding hydrogens is 356 g/mol. The lowest BCUT2D eigenvalue weighted by molar-refractivity contribution is 0.581. The Hall–Kier alpha value is -1.95. The molecule has 0 aliphatic carbocycles. The molecule has 8 heteroatoms. The zero-order valence-corrected chi connectivity index (χ0v) is 13.1. The minimum atomic E-state index is -3.76. The van der Waals surface area contributed by atoms with Gasteiger partial charge in [0.05, 0.1) is 11.6 Å². The Kier molecular flexibility index (Phi) is 4.57. The highest BCUT2D eigenvalue weighted by Crippen LogP contribution is 2.20. The van der Waals surface area contributed by atoms with Gasteiger partial charge in [-0.05, 0) is 39.7 Å². The van der Waals surface area contributed by atoms with Crippen LogP contribution in [0, 0.1) is 11.3 Å². The first-order valence-corrected chi connectivity index (χ1v) is 8.10. The number of aromatic nitrogens is 1. The summed E-state index contributed by atoms with van der Waals surface area (Å²) in [5, 5.41) is 8.71. The largest absolute Gasteiger partial charge is 0.383 e. The molecule has 0 unspecified atom stereocenters. The van der Waals surface area contributed by atoms with Crippen LogP contribution in [0.15, 0.2) is 45.9 Å². The number of sulfonamides is 1. The second-order valence-electron chi connectivity index (χ2n) is 4.17. The summed E-state index contributed by atoms with van der Waals surface area (Å²) in [6.07, 6.45) is 1.43. The zero-order valence-electron chi connectivity index (χ0n) is 10.7. The van der Waals surface area contributed by atoms with Crippen molar-refractivity contribution in [3.63, 3.8) is 0 Å². The van der Waals surface area contributed by atoms with Crippen molar-refractivity contribution in [3.05, 3.63) is 52.1 Å². The third kappa shape index (κ3) is 3.78. The Morgan fingerprint density at radius 3 is 2.62 bits per heavy atom. The van der Waals surface area contributed by atoms with Gasteiger partial charge in [0.25, 0.3) is 0 Å². The summed E-state index contributed by atoms with van der Waals surface area (Å²) >= 11 is 3.16. The Morgan fingerprint density at radius 1 is 1.33 bits per heavy atom. The highest BCUT2D eigenvalue weighted by Gasteiger charge is 2.18. The van der Waals surface area contributed by atoms with Crippen molar-refractivity contribution < 1.29 is 8.42 Å². The number of nitrogens with zero attached hydrogens (tertiary/aromatic N) is 2. The van der Waals surface area contributed by atoms with Crippen LogP contribution < -0.4 is 10.5 Å². The minimum absolute atomic E-state index is 0.0643. The summed E-state index contributed by atoms with van der Waals surface area (Å²) in [7, 11) is -3.76. The van der Waals surface area contributed by atoms with E-state index in [4.69, 9.17) is 11.0 Å². The van der Waals surface area contributed by atoms with Crippen LogP contribution >= 0.6 is 15.9 Å². The quantitative estimate of drug-likeness (QED) is 0.856. The van der Waals surface area contributed by atoms with E-state index in [0.29, 0.717) is 10.0 Å². The van der Waals surface area contributed by atoms with Crippen molar-refractivity contribution in [2.75, 3.05) is 5.73 Å².